The van der Waals surface area contributed by atoms with Crippen LogP contribution in [-0.2, 0) is 6.42 Å². The molecule has 1 saturated carbocycles. The molecule has 1 atom stereocenters. The van der Waals surface area contributed by atoms with Crippen LogP contribution in [0.3, 0.4) is 0 Å². The summed E-state index contributed by atoms with van der Waals surface area (Å²) >= 11 is 1.91. The molecule has 19 heavy (non-hydrogen) atoms. The van der Waals surface area contributed by atoms with Crippen molar-refractivity contribution in [1.82, 2.24) is 5.32 Å². The number of hydrogen-bond donors (Lipinski definition) is 2. The van der Waals surface area contributed by atoms with Crippen molar-refractivity contribution in [2.45, 2.75) is 57.4 Å². The zero-order valence-corrected chi connectivity index (χ0v) is 12.5. The number of aliphatic hydroxyl groups is 1. The standard InChI is InChI=1S/C16H25NOS/c18-12-16(8-2-1-3-9-16)11-17-14-5-4-6-15-13(14)7-10-19-15/h7,10,14,17-18H,1-6,8-9,11-12H2. The summed E-state index contributed by atoms with van der Waals surface area (Å²) in [5.41, 5.74) is 1.69. The third-order valence-corrected chi connectivity index (χ3v) is 6.02. The number of aryl methyl sites for hydroxylation is 1. The molecule has 1 unspecified atom stereocenters. The molecule has 1 aromatic rings. The summed E-state index contributed by atoms with van der Waals surface area (Å²) in [6.07, 6.45) is 10.1. The van der Waals surface area contributed by atoms with Gasteiger partial charge in [0.05, 0.1) is 0 Å². The first-order valence-electron chi connectivity index (χ1n) is 7.73. The van der Waals surface area contributed by atoms with Crippen molar-refractivity contribution in [2.24, 2.45) is 5.41 Å². The lowest BCUT2D eigenvalue weighted by molar-refractivity contribution is 0.0776. The minimum atomic E-state index is 0.159. The Morgan fingerprint density at radius 3 is 2.89 bits per heavy atom. The Kier molecular flexibility index (Phi) is 4.25. The summed E-state index contributed by atoms with van der Waals surface area (Å²) in [5.74, 6) is 0. The van der Waals surface area contributed by atoms with E-state index in [0.717, 1.165) is 6.54 Å². The van der Waals surface area contributed by atoms with E-state index in [1.165, 1.54) is 56.9 Å². The summed E-state index contributed by atoms with van der Waals surface area (Å²) in [6, 6.07) is 2.82. The van der Waals surface area contributed by atoms with Gasteiger partial charge in [-0.25, -0.2) is 0 Å². The van der Waals surface area contributed by atoms with E-state index in [4.69, 9.17) is 0 Å². The maximum Gasteiger partial charge on any atom is 0.0499 e. The predicted molar refractivity (Wildman–Crippen MR) is 80.6 cm³/mol. The molecule has 0 aliphatic heterocycles. The lowest BCUT2D eigenvalue weighted by Gasteiger charge is -2.37. The summed E-state index contributed by atoms with van der Waals surface area (Å²) in [7, 11) is 0. The smallest absolute Gasteiger partial charge is 0.0499 e. The Morgan fingerprint density at radius 2 is 2.11 bits per heavy atom. The molecule has 1 heterocycles. The van der Waals surface area contributed by atoms with Crippen molar-refractivity contribution in [3.05, 3.63) is 21.9 Å². The molecule has 3 heteroatoms. The second-order valence-corrected chi connectivity index (χ2v) is 7.34. The third kappa shape index (κ3) is 2.88. The number of fused-ring (bicyclic) bond motifs is 1. The molecule has 106 valence electrons. The summed E-state index contributed by atoms with van der Waals surface area (Å²) in [4.78, 5) is 1.57. The van der Waals surface area contributed by atoms with Crippen molar-refractivity contribution in [3.63, 3.8) is 0 Å². The van der Waals surface area contributed by atoms with Crippen molar-refractivity contribution in [2.75, 3.05) is 13.2 Å². The van der Waals surface area contributed by atoms with E-state index in [2.05, 4.69) is 16.8 Å². The van der Waals surface area contributed by atoms with Gasteiger partial charge in [0.1, 0.15) is 0 Å². The highest BCUT2D eigenvalue weighted by atomic mass is 32.1. The van der Waals surface area contributed by atoms with Gasteiger partial charge in [-0.1, -0.05) is 19.3 Å². The lowest BCUT2D eigenvalue weighted by Crippen LogP contribution is -2.41. The zero-order valence-electron chi connectivity index (χ0n) is 11.7. The Morgan fingerprint density at radius 1 is 1.26 bits per heavy atom. The monoisotopic (exact) mass is 279 g/mol. The lowest BCUT2D eigenvalue weighted by atomic mass is 9.74. The Labute approximate surface area is 120 Å². The van der Waals surface area contributed by atoms with Crippen molar-refractivity contribution < 1.29 is 5.11 Å². The Hall–Kier alpha value is -0.380. The SMILES string of the molecule is OCC1(CNC2CCCc3sccc32)CCCCC1. The molecule has 2 aliphatic rings. The van der Waals surface area contributed by atoms with Gasteiger partial charge in [0.2, 0.25) is 0 Å². The highest BCUT2D eigenvalue weighted by Gasteiger charge is 2.32. The molecule has 3 rings (SSSR count). The summed E-state index contributed by atoms with van der Waals surface area (Å²) in [6.45, 7) is 1.34. The van der Waals surface area contributed by atoms with Crippen molar-refractivity contribution in [1.29, 1.82) is 0 Å². The van der Waals surface area contributed by atoms with E-state index < -0.39 is 0 Å². The minimum absolute atomic E-state index is 0.159. The second kappa shape index (κ2) is 5.94. The molecule has 0 saturated heterocycles. The van der Waals surface area contributed by atoms with Crippen LogP contribution in [0.25, 0.3) is 0 Å². The van der Waals surface area contributed by atoms with E-state index >= 15 is 0 Å². The van der Waals surface area contributed by atoms with Gasteiger partial charge < -0.3 is 10.4 Å². The molecule has 1 aromatic heterocycles. The fraction of sp³-hybridized carbons (Fsp3) is 0.750. The molecule has 0 radical (unpaired) electrons. The van der Waals surface area contributed by atoms with Gasteiger partial charge in [-0.15, -0.1) is 11.3 Å². The first-order chi connectivity index (χ1) is 9.33. The second-order valence-electron chi connectivity index (χ2n) is 6.34. The molecule has 0 spiro atoms. The average molecular weight is 279 g/mol. The molecule has 0 aromatic carbocycles. The van der Waals surface area contributed by atoms with Crippen LogP contribution in [0, 0.1) is 5.41 Å². The molecule has 0 bridgehead atoms. The molecule has 0 amide bonds. The summed E-state index contributed by atoms with van der Waals surface area (Å²) < 4.78 is 0. The highest BCUT2D eigenvalue weighted by molar-refractivity contribution is 7.10. The van der Waals surface area contributed by atoms with E-state index in [9.17, 15) is 5.11 Å². The van der Waals surface area contributed by atoms with Gasteiger partial charge in [0, 0.05) is 29.5 Å². The Balaban J connectivity index is 1.63. The maximum absolute atomic E-state index is 9.79. The van der Waals surface area contributed by atoms with Gasteiger partial charge in [-0.2, -0.15) is 0 Å². The molecule has 1 fully saturated rings. The van der Waals surface area contributed by atoms with Crippen molar-refractivity contribution >= 4 is 11.3 Å². The van der Waals surface area contributed by atoms with Crippen LogP contribution in [0.2, 0.25) is 0 Å². The van der Waals surface area contributed by atoms with E-state index in [-0.39, 0.29) is 5.41 Å². The van der Waals surface area contributed by atoms with Crippen LogP contribution >= 0.6 is 11.3 Å². The topological polar surface area (TPSA) is 32.3 Å². The fourth-order valence-electron chi connectivity index (χ4n) is 3.73. The molecule has 2 aliphatic carbocycles. The number of thiophene rings is 1. The van der Waals surface area contributed by atoms with E-state index in [0.29, 0.717) is 12.6 Å². The molecular formula is C16H25NOS. The Bertz CT molecular complexity index is 409. The van der Waals surface area contributed by atoms with Gasteiger partial charge in [-0.3, -0.25) is 0 Å². The van der Waals surface area contributed by atoms with Crippen LogP contribution in [0.1, 0.15) is 61.4 Å². The average Bonchev–Trinajstić information content (AvgIpc) is 2.95. The molecular weight excluding hydrogens is 254 g/mol. The van der Waals surface area contributed by atoms with Crippen LogP contribution in [0.4, 0.5) is 0 Å². The maximum atomic E-state index is 9.79. The number of rotatable bonds is 4. The first-order valence-corrected chi connectivity index (χ1v) is 8.61. The normalized spacial score (nSPS) is 26.1. The number of hydrogen-bond acceptors (Lipinski definition) is 3. The molecule has 2 N–H and O–H groups in total. The predicted octanol–water partition coefficient (Wildman–Crippen LogP) is 3.66. The van der Waals surface area contributed by atoms with Gasteiger partial charge >= 0.3 is 0 Å². The number of nitrogens with one attached hydrogen (secondary N) is 1. The van der Waals surface area contributed by atoms with E-state index in [1.54, 1.807) is 4.88 Å². The van der Waals surface area contributed by atoms with Crippen LogP contribution in [0.15, 0.2) is 11.4 Å². The van der Waals surface area contributed by atoms with Gasteiger partial charge in [0.15, 0.2) is 0 Å². The van der Waals surface area contributed by atoms with Crippen molar-refractivity contribution in [3.8, 4) is 0 Å². The van der Waals surface area contributed by atoms with Gasteiger partial charge in [0.25, 0.3) is 0 Å². The zero-order chi connectivity index (χ0) is 13.1. The van der Waals surface area contributed by atoms with Crippen LogP contribution in [0.5, 0.6) is 0 Å². The van der Waals surface area contributed by atoms with Crippen LogP contribution in [-0.4, -0.2) is 18.3 Å². The minimum Gasteiger partial charge on any atom is -0.396 e. The first kappa shape index (κ1) is 13.6. The highest BCUT2D eigenvalue weighted by Crippen LogP contribution is 2.38. The fourth-order valence-corrected chi connectivity index (χ4v) is 4.72. The summed E-state index contributed by atoms with van der Waals surface area (Å²) in [5, 5.41) is 15.8. The van der Waals surface area contributed by atoms with Crippen LogP contribution < -0.4 is 5.32 Å². The number of aliphatic hydroxyl groups excluding tert-OH is 1. The third-order valence-electron chi connectivity index (χ3n) is 5.03. The largest absolute Gasteiger partial charge is 0.396 e. The van der Waals surface area contributed by atoms with Gasteiger partial charge in [-0.05, 0) is 49.1 Å². The van der Waals surface area contributed by atoms with E-state index in [1.807, 2.05) is 11.3 Å². The molecule has 2 nitrogen and oxygen atoms in total. The quantitative estimate of drug-likeness (QED) is 0.881.